The summed E-state index contributed by atoms with van der Waals surface area (Å²) < 4.78 is 10.1. The third-order valence-electron chi connectivity index (χ3n) is 2.74. The lowest BCUT2D eigenvalue weighted by Crippen LogP contribution is -2.25. The van der Waals surface area contributed by atoms with Gasteiger partial charge in [-0.1, -0.05) is 6.07 Å². The maximum absolute atomic E-state index is 12.0. The smallest absolute Gasteiger partial charge is 0.289 e. The molecule has 5 nitrogen and oxygen atoms in total. The molecule has 0 saturated carbocycles. The summed E-state index contributed by atoms with van der Waals surface area (Å²) in [6.07, 6.45) is 1.46. The van der Waals surface area contributed by atoms with Crippen LogP contribution in [0.4, 0.5) is 0 Å². The number of nitrogens with zero attached hydrogens (tertiary/aromatic N) is 1. The summed E-state index contributed by atoms with van der Waals surface area (Å²) in [5, 5.41) is 9.51. The highest BCUT2D eigenvalue weighted by molar-refractivity contribution is 5.91. The molecule has 0 fully saturated rings. The molecule has 2 aromatic rings. The third kappa shape index (κ3) is 2.88. The minimum Gasteiger partial charge on any atom is -0.504 e. The molecule has 0 saturated heterocycles. The van der Waals surface area contributed by atoms with Crippen molar-refractivity contribution in [3.63, 3.8) is 0 Å². The summed E-state index contributed by atoms with van der Waals surface area (Å²) >= 11 is 0. The molecule has 100 valence electrons. The minimum absolute atomic E-state index is 0.0752. The highest BCUT2D eigenvalue weighted by atomic mass is 16.5. The Kier molecular flexibility index (Phi) is 3.75. The first-order chi connectivity index (χ1) is 9.11. The second-order valence-electron chi connectivity index (χ2n) is 4.14. The van der Waals surface area contributed by atoms with E-state index in [1.165, 1.54) is 18.3 Å². The van der Waals surface area contributed by atoms with Gasteiger partial charge in [-0.3, -0.25) is 4.79 Å². The number of phenolic OH excluding ortho intramolecular Hbond substituents is 1. The van der Waals surface area contributed by atoms with Gasteiger partial charge in [-0.05, 0) is 29.8 Å². The Morgan fingerprint density at radius 3 is 2.84 bits per heavy atom. The molecule has 1 aromatic heterocycles. The van der Waals surface area contributed by atoms with E-state index < -0.39 is 0 Å². The number of ether oxygens (including phenoxy) is 1. The zero-order chi connectivity index (χ0) is 13.8. The van der Waals surface area contributed by atoms with E-state index in [1.807, 2.05) is 0 Å². The van der Waals surface area contributed by atoms with E-state index in [2.05, 4.69) is 0 Å². The number of carbonyl (C=O) groups is 1. The van der Waals surface area contributed by atoms with Gasteiger partial charge in [0.2, 0.25) is 0 Å². The Labute approximate surface area is 111 Å². The van der Waals surface area contributed by atoms with Gasteiger partial charge in [0.1, 0.15) is 0 Å². The van der Waals surface area contributed by atoms with Gasteiger partial charge in [0.15, 0.2) is 17.3 Å². The first kappa shape index (κ1) is 13.0. The second kappa shape index (κ2) is 5.48. The van der Waals surface area contributed by atoms with Crippen LogP contribution in [0, 0.1) is 0 Å². The Balaban J connectivity index is 2.10. The highest BCUT2D eigenvalue weighted by Gasteiger charge is 2.15. The number of benzene rings is 1. The molecular formula is C14H15NO4. The number of methoxy groups -OCH3 is 1. The molecule has 0 aliphatic heterocycles. The van der Waals surface area contributed by atoms with Gasteiger partial charge in [0, 0.05) is 13.6 Å². The maximum Gasteiger partial charge on any atom is 0.289 e. The molecule has 2 rings (SSSR count). The Morgan fingerprint density at radius 2 is 2.21 bits per heavy atom. The molecule has 0 aliphatic carbocycles. The van der Waals surface area contributed by atoms with Crippen molar-refractivity contribution in [2.75, 3.05) is 14.2 Å². The fourth-order valence-electron chi connectivity index (χ4n) is 1.75. The molecule has 0 bridgehead atoms. The molecule has 1 aromatic carbocycles. The molecule has 0 unspecified atom stereocenters. The van der Waals surface area contributed by atoms with E-state index >= 15 is 0 Å². The fraction of sp³-hybridized carbons (Fsp3) is 0.214. The van der Waals surface area contributed by atoms with Crippen LogP contribution in [0.1, 0.15) is 16.1 Å². The van der Waals surface area contributed by atoms with E-state index in [0.29, 0.717) is 18.1 Å². The van der Waals surface area contributed by atoms with Crippen LogP contribution in [0.2, 0.25) is 0 Å². The Morgan fingerprint density at radius 1 is 1.42 bits per heavy atom. The van der Waals surface area contributed by atoms with Crippen LogP contribution < -0.4 is 4.74 Å². The molecule has 1 N–H and O–H groups in total. The lowest BCUT2D eigenvalue weighted by Gasteiger charge is -2.16. The number of hydrogen-bond donors (Lipinski definition) is 1. The molecule has 0 atom stereocenters. The lowest BCUT2D eigenvalue weighted by atomic mass is 10.2. The van der Waals surface area contributed by atoms with E-state index in [-0.39, 0.29) is 11.7 Å². The van der Waals surface area contributed by atoms with E-state index in [4.69, 9.17) is 9.15 Å². The molecule has 0 radical (unpaired) electrons. The van der Waals surface area contributed by atoms with Crippen molar-refractivity contribution in [2.45, 2.75) is 6.54 Å². The number of furan rings is 1. The first-order valence-corrected chi connectivity index (χ1v) is 5.76. The number of aromatic hydroxyl groups is 1. The molecular weight excluding hydrogens is 246 g/mol. The van der Waals surface area contributed by atoms with Crippen molar-refractivity contribution in [3.8, 4) is 11.5 Å². The topological polar surface area (TPSA) is 62.9 Å². The van der Waals surface area contributed by atoms with Crippen LogP contribution in [0.5, 0.6) is 11.5 Å². The average molecular weight is 261 g/mol. The lowest BCUT2D eigenvalue weighted by molar-refractivity contribution is 0.0753. The number of hydrogen-bond acceptors (Lipinski definition) is 4. The largest absolute Gasteiger partial charge is 0.504 e. The predicted molar refractivity (Wildman–Crippen MR) is 69.2 cm³/mol. The molecule has 0 spiro atoms. The van der Waals surface area contributed by atoms with Crippen molar-refractivity contribution >= 4 is 5.91 Å². The van der Waals surface area contributed by atoms with Crippen molar-refractivity contribution in [3.05, 3.63) is 47.9 Å². The van der Waals surface area contributed by atoms with Gasteiger partial charge in [0.05, 0.1) is 13.4 Å². The van der Waals surface area contributed by atoms with E-state index in [1.54, 1.807) is 37.4 Å². The van der Waals surface area contributed by atoms with E-state index in [0.717, 1.165) is 5.56 Å². The van der Waals surface area contributed by atoms with Crippen LogP contribution in [-0.2, 0) is 6.54 Å². The summed E-state index contributed by atoms with van der Waals surface area (Å²) in [5.74, 6) is 0.563. The van der Waals surface area contributed by atoms with E-state index in [9.17, 15) is 9.90 Å². The quantitative estimate of drug-likeness (QED) is 0.917. The van der Waals surface area contributed by atoms with Crippen molar-refractivity contribution in [1.82, 2.24) is 4.90 Å². The third-order valence-corrected chi connectivity index (χ3v) is 2.74. The van der Waals surface area contributed by atoms with Crippen LogP contribution in [-0.4, -0.2) is 30.1 Å². The zero-order valence-electron chi connectivity index (χ0n) is 10.8. The number of carbonyl (C=O) groups excluding carboxylic acids is 1. The van der Waals surface area contributed by atoms with Crippen LogP contribution in [0.15, 0.2) is 41.0 Å². The normalized spacial score (nSPS) is 10.2. The second-order valence-corrected chi connectivity index (χ2v) is 4.14. The maximum atomic E-state index is 12.0. The number of amides is 1. The Hall–Kier alpha value is -2.43. The summed E-state index contributed by atoms with van der Waals surface area (Å²) in [7, 11) is 3.17. The zero-order valence-corrected chi connectivity index (χ0v) is 10.8. The van der Waals surface area contributed by atoms with Crippen LogP contribution >= 0.6 is 0 Å². The molecule has 19 heavy (non-hydrogen) atoms. The molecule has 5 heteroatoms. The average Bonchev–Trinajstić information content (AvgIpc) is 2.94. The number of phenols is 1. The molecule has 1 amide bonds. The first-order valence-electron chi connectivity index (χ1n) is 5.76. The Bertz CT molecular complexity index is 563. The van der Waals surface area contributed by atoms with Crippen molar-refractivity contribution in [2.24, 2.45) is 0 Å². The summed E-state index contributed by atoms with van der Waals surface area (Å²) in [5.41, 5.74) is 0.858. The summed E-state index contributed by atoms with van der Waals surface area (Å²) in [6, 6.07) is 8.27. The van der Waals surface area contributed by atoms with Gasteiger partial charge in [-0.25, -0.2) is 0 Å². The van der Waals surface area contributed by atoms with Crippen molar-refractivity contribution in [1.29, 1.82) is 0 Å². The summed E-state index contributed by atoms with van der Waals surface area (Å²) in [6.45, 7) is 0.399. The standard InChI is InChI=1S/C14H15NO4/c1-15(14(17)12-4-3-7-19-12)9-10-5-6-11(16)13(8-10)18-2/h3-8,16H,9H2,1-2H3. The SMILES string of the molecule is COc1cc(CN(C)C(=O)c2ccco2)ccc1O. The van der Waals surface area contributed by atoms with Gasteiger partial charge in [-0.2, -0.15) is 0 Å². The van der Waals surface area contributed by atoms with Gasteiger partial charge in [0.25, 0.3) is 5.91 Å². The highest BCUT2D eigenvalue weighted by Crippen LogP contribution is 2.26. The van der Waals surface area contributed by atoms with Crippen LogP contribution in [0.25, 0.3) is 0 Å². The fourth-order valence-corrected chi connectivity index (χ4v) is 1.75. The molecule has 1 heterocycles. The van der Waals surface area contributed by atoms with Crippen molar-refractivity contribution < 1.29 is 19.1 Å². The summed E-state index contributed by atoms with van der Waals surface area (Å²) in [4.78, 5) is 13.5. The van der Waals surface area contributed by atoms with Gasteiger partial charge >= 0.3 is 0 Å². The van der Waals surface area contributed by atoms with Crippen LogP contribution in [0.3, 0.4) is 0 Å². The predicted octanol–water partition coefficient (Wildman–Crippen LogP) is 2.27. The van der Waals surface area contributed by atoms with Gasteiger partial charge < -0.3 is 19.2 Å². The van der Waals surface area contributed by atoms with Gasteiger partial charge in [-0.15, -0.1) is 0 Å². The minimum atomic E-state index is -0.197. The monoisotopic (exact) mass is 261 g/mol. The number of rotatable bonds is 4. The molecule has 0 aliphatic rings.